The summed E-state index contributed by atoms with van der Waals surface area (Å²) in [5.74, 6) is 0. The molecule has 3 heteroatoms. The predicted molar refractivity (Wildman–Crippen MR) is 43.6 cm³/mol. The SMILES string of the molecule is [Co].c1ccc(-n2cccn2)cc1. The number of hydrogen-bond donors (Lipinski definition) is 0. The van der Waals surface area contributed by atoms with Crippen molar-refractivity contribution in [1.29, 1.82) is 0 Å². The summed E-state index contributed by atoms with van der Waals surface area (Å²) in [5.41, 5.74) is 1.09. The van der Waals surface area contributed by atoms with Crippen LogP contribution < -0.4 is 0 Å². The molecule has 0 bridgehead atoms. The smallest absolute Gasteiger partial charge is 0.0645 e. The Morgan fingerprint density at radius 3 is 2.33 bits per heavy atom. The number of benzene rings is 1. The van der Waals surface area contributed by atoms with Crippen molar-refractivity contribution in [3.05, 3.63) is 48.8 Å². The minimum atomic E-state index is 0. The van der Waals surface area contributed by atoms with Gasteiger partial charge in [-0.2, -0.15) is 5.10 Å². The van der Waals surface area contributed by atoms with Crippen LogP contribution in [0.2, 0.25) is 0 Å². The maximum atomic E-state index is 4.10. The van der Waals surface area contributed by atoms with Crippen molar-refractivity contribution < 1.29 is 16.8 Å². The average Bonchev–Trinajstić information content (AvgIpc) is 2.58. The van der Waals surface area contributed by atoms with Crippen LogP contribution in [-0.4, -0.2) is 9.78 Å². The van der Waals surface area contributed by atoms with Crippen molar-refractivity contribution in [2.75, 3.05) is 0 Å². The predicted octanol–water partition coefficient (Wildman–Crippen LogP) is 1.87. The third-order valence-electron chi connectivity index (χ3n) is 1.53. The fourth-order valence-corrected chi connectivity index (χ4v) is 1.00. The molecule has 0 fully saturated rings. The number of aromatic nitrogens is 2. The summed E-state index contributed by atoms with van der Waals surface area (Å²) in [7, 11) is 0. The van der Waals surface area contributed by atoms with Gasteiger partial charge in [0, 0.05) is 29.2 Å². The first-order chi connectivity index (χ1) is 5.47. The molecule has 1 heterocycles. The van der Waals surface area contributed by atoms with Crippen molar-refractivity contribution in [3.63, 3.8) is 0 Å². The first-order valence-electron chi connectivity index (χ1n) is 3.52. The number of nitrogens with zero attached hydrogens (tertiary/aromatic N) is 2. The summed E-state index contributed by atoms with van der Waals surface area (Å²) in [5, 5.41) is 4.10. The van der Waals surface area contributed by atoms with Gasteiger partial charge < -0.3 is 0 Å². The van der Waals surface area contributed by atoms with E-state index in [2.05, 4.69) is 5.10 Å². The summed E-state index contributed by atoms with van der Waals surface area (Å²) >= 11 is 0. The zero-order valence-electron chi connectivity index (χ0n) is 6.35. The number of para-hydroxylation sites is 1. The number of hydrogen-bond acceptors (Lipinski definition) is 1. The molecule has 2 aromatic rings. The van der Waals surface area contributed by atoms with Gasteiger partial charge in [-0.25, -0.2) is 4.68 Å². The van der Waals surface area contributed by atoms with E-state index in [9.17, 15) is 0 Å². The Morgan fingerprint density at radius 1 is 1.00 bits per heavy atom. The monoisotopic (exact) mass is 203 g/mol. The maximum absolute atomic E-state index is 4.10. The fourth-order valence-electron chi connectivity index (χ4n) is 1.00. The van der Waals surface area contributed by atoms with Gasteiger partial charge in [0.25, 0.3) is 0 Å². The molecule has 0 N–H and O–H groups in total. The third-order valence-corrected chi connectivity index (χ3v) is 1.53. The van der Waals surface area contributed by atoms with E-state index in [1.165, 1.54) is 0 Å². The molecule has 2 nitrogen and oxygen atoms in total. The summed E-state index contributed by atoms with van der Waals surface area (Å²) < 4.78 is 1.83. The topological polar surface area (TPSA) is 17.8 Å². The quantitative estimate of drug-likeness (QED) is 0.691. The van der Waals surface area contributed by atoms with Gasteiger partial charge in [0.15, 0.2) is 0 Å². The molecule has 0 atom stereocenters. The molecule has 0 aliphatic carbocycles. The summed E-state index contributed by atoms with van der Waals surface area (Å²) in [6.45, 7) is 0. The molecule has 0 amide bonds. The summed E-state index contributed by atoms with van der Waals surface area (Å²) in [6.07, 6.45) is 3.70. The van der Waals surface area contributed by atoms with Gasteiger partial charge in [-0.05, 0) is 18.2 Å². The van der Waals surface area contributed by atoms with Gasteiger partial charge in [0.05, 0.1) is 5.69 Å². The van der Waals surface area contributed by atoms with Crippen molar-refractivity contribution in [2.45, 2.75) is 0 Å². The van der Waals surface area contributed by atoms with Gasteiger partial charge in [0.1, 0.15) is 0 Å². The van der Waals surface area contributed by atoms with E-state index in [-0.39, 0.29) is 16.8 Å². The van der Waals surface area contributed by atoms with E-state index in [0.29, 0.717) is 0 Å². The van der Waals surface area contributed by atoms with Crippen LogP contribution >= 0.6 is 0 Å². The van der Waals surface area contributed by atoms with Gasteiger partial charge >= 0.3 is 0 Å². The summed E-state index contributed by atoms with van der Waals surface area (Å²) in [4.78, 5) is 0. The Labute approximate surface area is 81.4 Å². The normalized spacial score (nSPS) is 9.00. The molecule has 2 rings (SSSR count). The molecule has 0 aliphatic rings. The zero-order valence-corrected chi connectivity index (χ0v) is 7.39. The maximum Gasteiger partial charge on any atom is 0.0645 e. The van der Waals surface area contributed by atoms with Crippen LogP contribution in [0.4, 0.5) is 0 Å². The minimum Gasteiger partial charge on any atom is -0.241 e. The average molecular weight is 203 g/mol. The Balaban J connectivity index is 0.000000720. The molecule has 0 spiro atoms. The molecule has 1 aromatic carbocycles. The molecule has 1 radical (unpaired) electrons. The molecule has 0 aliphatic heterocycles. The van der Waals surface area contributed by atoms with E-state index in [1.807, 2.05) is 47.3 Å². The van der Waals surface area contributed by atoms with E-state index in [0.717, 1.165) is 5.69 Å². The van der Waals surface area contributed by atoms with Gasteiger partial charge in [-0.1, -0.05) is 18.2 Å². The van der Waals surface area contributed by atoms with E-state index < -0.39 is 0 Å². The van der Waals surface area contributed by atoms with Crippen molar-refractivity contribution in [3.8, 4) is 5.69 Å². The number of rotatable bonds is 1. The molecular weight excluding hydrogens is 195 g/mol. The van der Waals surface area contributed by atoms with E-state index in [4.69, 9.17) is 0 Å². The second-order valence-electron chi connectivity index (χ2n) is 2.29. The van der Waals surface area contributed by atoms with Gasteiger partial charge in [-0.15, -0.1) is 0 Å². The Kier molecular flexibility index (Phi) is 3.07. The van der Waals surface area contributed by atoms with Crippen molar-refractivity contribution in [1.82, 2.24) is 9.78 Å². The van der Waals surface area contributed by atoms with E-state index in [1.54, 1.807) is 6.20 Å². The minimum absolute atomic E-state index is 0. The largest absolute Gasteiger partial charge is 0.241 e. The second kappa shape index (κ2) is 4.09. The molecule has 12 heavy (non-hydrogen) atoms. The Hall–Kier alpha value is -1.06. The van der Waals surface area contributed by atoms with Crippen LogP contribution in [0.15, 0.2) is 48.8 Å². The Bertz CT molecular complexity index is 316. The van der Waals surface area contributed by atoms with Gasteiger partial charge in [-0.3, -0.25) is 0 Å². The second-order valence-corrected chi connectivity index (χ2v) is 2.29. The van der Waals surface area contributed by atoms with Crippen LogP contribution in [0.25, 0.3) is 5.69 Å². The van der Waals surface area contributed by atoms with Gasteiger partial charge in [0.2, 0.25) is 0 Å². The molecule has 1 aromatic heterocycles. The molecule has 0 saturated heterocycles. The molecule has 63 valence electrons. The Morgan fingerprint density at radius 2 is 1.75 bits per heavy atom. The first kappa shape index (κ1) is 9.03. The van der Waals surface area contributed by atoms with Crippen LogP contribution in [0, 0.1) is 0 Å². The van der Waals surface area contributed by atoms with Crippen molar-refractivity contribution in [2.24, 2.45) is 0 Å². The molecule has 0 unspecified atom stereocenters. The standard InChI is InChI=1S/C9H8N2.Co/c1-2-5-9(6-3-1)11-8-4-7-10-11;/h1-8H;. The van der Waals surface area contributed by atoms with Crippen LogP contribution in [0.5, 0.6) is 0 Å². The zero-order chi connectivity index (χ0) is 7.52. The molecule has 0 saturated carbocycles. The third kappa shape index (κ3) is 1.75. The van der Waals surface area contributed by atoms with Crippen LogP contribution in [0.3, 0.4) is 0 Å². The fraction of sp³-hybridized carbons (Fsp3) is 0. The molecular formula is C9H8CoN2. The first-order valence-corrected chi connectivity index (χ1v) is 3.52. The summed E-state index contributed by atoms with van der Waals surface area (Å²) in [6, 6.07) is 11.9. The van der Waals surface area contributed by atoms with E-state index >= 15 is 0 Å². The van der Waals surface area contributed by atoms with Crippen LogP contribution in [0.1, 0.15) is 0 Å². The van der Waals surface area contributed by atoms with Crippen LogP contribution in [-0.2, 0) is 16.8 Å². The van der Waals surface area contributed by atoms with Crippen molar-refractivity contribution >= 4 is 0 Å².